The number of likely N-dealkylation sites (tertiary alicyclic amines) is 1. The van der Waals surface area contributed by atoms with Gasteiger partial charge in [-0.2, -0.15) is 0 Å². The number of anilines is 3. The third-order valence-corrected chi connectivity index (χ3v) is 8.28. The molecule has 3 heterocycles. The van der Waals surface area contributed by atoms with E-state index in [9.17, 15) is 4.79 Å². The van der Waals surface area contributed by atoms with Gasteiger partial charge in [-0.15, -0.1) is 0 Å². The van der Waals surface area contributed by atoms with E-state index in [2.05, 4.69) is 44.1 Å². The summed E-state index contributed by atoms with van der Waals surface area (Å²) in [5, 5.41) is 7.39. The van der Waals surface area contributed by atoms with E-state index in [1.165, 1.54) is 25.2 Å². The van der Waals surface area contributed by atoms with E-state index >= 15 is 0 Å². The second kappa shape index (κ2) is 12.3. The van der Waals surface area contributed by atoms with Crippen molar-refractivity contribution in [3.05, 3.63) is 84.4 Å². The van der Waals surface area contributed by atoms with Crippen LogP contribution in [0.4, 0.5) is 17.2 Å². The molecule has 0 radical (unpaired) electrons. The Morgan fingerprint density at radius 1 is 1.07 bits per heavy atom. The van der Waals surface area contributed by atoms with Gasteiger partial charge in [0.25, 0.3) is 0 Å². The lowest BCUT2D eigenvalue weighted by molar-refractivity contribution is -0.111. The lowest BCUT2D eigenvalue weighted by Crippen LogP contribution is -2.18. The van der Waals surface area contributed by atoms with Gasteiger partial charge in [-0.1, -0.05) is 24.2 Å². The van der Waals surface area contributed by atoms with Gasteiger partial charge < -0.3 is 25.0 Å². The Morgan fingerprint density at radius 2 is 1.90 bits per heavy atom. The van der Waals surface area contributed by atoms with Crippen molar-refractivity contribution in [2.75, 3.05) is 37.4 Å². The van der Waals surface area contributed by atoms with Crippen LogP contribution in [0.5, 0.6) is 11.5 Å². The van der Waals surface area contributed by atoms with Crippen molar-refractivity contribution in [1.82, 2.24) is 19.9 Å². The molecule has 2 aromatic carbocycles. The molecule has 0 spiro atoms. The van der Waals surface area contributed by atoms with E-state index in [4.69, 9.17) is 21.1 Å². The highest BCUT2D eigenvalue weighted by atomic mass is 35.5. The highest BCUT2D eigenvalue weighted by molar-refractivity contribution is 6.32. The molecule has 216 valence electrons. The van der Waals surface area contributed by atoms with Crippen LogP contribution in [0.2, 0.25) is 5.02 Å². The summed E-state index contributed by atoms with van der Waals surface area (Å²) in [5.74, 6) is 3.36. The number of fused-ring (bicyclic) bond motifs is 2. The molecular formula is C32H33ClN6O3. The summed E-state index contributed by atoms with van der Waals surface area (Å²) < 4.78 is 12.2. The topological polar surface area (TPSA) is 102 Å². The Kier molecular flexibility index (Phi) is 8.21. The van der Waals surface area contributed by atoms with Gasteiger partial charge in [0.15, 0.2) is 0 Å². The summed E-state index contributed by atoms with van der Waals surface area (Å²) in [4.78, 5) is 28.0. The minimum absolute atomic E-state index is 0.312. The molecule has 1 aliphatic heterocycles. The first kappa shape index (κ1) is 27.9. The number of hydrogen-bond donors (Lipinski definition) is 2. The van der Waals surface area contributed by atoms with Crippen LogP contribution >= 0.6 is 11.6 Å². The first-order valence-electron chi connectivity index (χ1n) is 14.1. The van der Waals surface area contributed by atoms with Crippen molar-refractivity contribution < 1.29 is 14.3 Å². The van der Waals surface area contributed by atoms with E-state index < -0.39 is 0 Å². The Hall–Kier alpha value is -4.21. The lowest BCUT2D eigenvalue weighted by Gasteiger charge is -2.18. The number of benzene rings is 2. The van der Waals surface area contributed by atoms with Crippen LogP contribution < -0.4 is 20.1 Å². The minimum Gasteiger partial charge on any atom is -0.491 e. The van der Waals surface area contributed by atoms with Crippen LogP contribution in [0.25, 0.3) is 10.9 Å². The van der Waals surface area contributed by atoms with Gasteiger partial charge in [-0.3, -0.25) is 9.78 Å². The zero-order chi connectivity index (χ0) is 29.1. The molecule has 1 saturated heterocycles. The molecule has 2 aromatic heterocycles. The predicted molar refractivity (Wildman–Crippen MR) is 164 cm³/mol. The number of rotatable bonds is 10. The van der Waals surface area contributed by atoms with Gasteiger partial charge in [-0.25, -0.2) is 9.97 Å². The van der Waals surface area contributed by atoms with Gasteiger partial charge in [0.05, 0.1) is 28.5 Å². The molecule has 9 nitrogen and oxygen atoms in total. The number of halogens is 1. The van der Waals surface area contributed by atoms with E-state index in [1.54, 1.807) is 18.3 Å². The van der Waals surface area contributed by atoms with Gasteiger partial charge in [0.2, 0.25) is 5.91 Å². The fourth-order valence-electron chi connectivity index (χ4n) is 6.06. The Bertz CT molecular complexity index is 1590. The van der Waals surface area contributed by atoms with Gasteiger partial charge in [0, 0.05) is 36.4 Å². The zero-order valence-corrected chi connectivity index (χ0v) is 24.2. The number of carbonyl (C=O) groups is 1. The van der Waals surface area contributed by atoms with E-state index in [0.29, 0.717) is 58.1 Å². The number of carbonyl (C=O) groups excluding carboxylic acids is 1. The van der Waals surface area contributed by atoms with Crippen molar-refractivity contribution in [2.45, 2.75) is 19.4 Å². The maximum atomic E-state index is 12.3. The molecule has 1 aliphatic carbocycles. The van der Waals surface area contributed by atoms with Gasteiger partial charge in [0.1, 0.15) is 30.3 Å². The molecule has 1 saturated carbocycles. The summed E-state index contributed by atoms with van der Waals surface area (Å²) in [6.45, 7) is 6.83. The van der Waals surface area contributed by atoms with Gasteiger partial charge >= 0.3 is 0 Å². The fraction of sp³-hybridized carbons (Fsp3) is 0.312. The third kappa shape index (κ3) is 6.32. The maximum absolute atomic E-state index is 12.3. The molecule has 1 unspecified atom stereocenters. The number of pyridine rings is 1. The molecule has 3 atom stereocenters. The van der Waals surface area contributed by atoms with Crippen LogP contribution in [-0.2, 0) is 11.4 Å². The summed E-state index contributed by atoms with van der Waals surface area (Å²) in [6, 6.07) is 14.8. The normalized spacial score (nSPS) is 19.8. The van der Waals surface area contributed by atoms with Crippen LogP contribution in [0, 0.1) is 17.8 Å². The van der Waals surface area contributed by atoms with Gasteiger partial charge in [-0.05, 0) is 80.1 Å². The van der Waals surface area contributed by atoms with Crippen molar-refractivity contribution in [2.24, 2.45) is 17.8 Å². The van der Waals surface area contributed by atoms with Crippen molar-refractivity contribution in [3.8, 4) is 11.5 Å². The van der Waals surface area contributed by atoms with E-state index in [1.807, 2.05) is 36.4 Å². The molecular weight excluding hydrogens is 552 g/mol. The number of nitrogens with zero attached hydrogens (tertiary/aromatic N) is 4. The Labute approximate surface area is 249 Å². The van der Waals surface area contributed by atoms with Crippen molar-refractivity contribution in [1.29, 1.82) is 0 Å². The molecule has 2 aliphatic rings. The first-order valence-corrected chi connectivity index (χ1v) is 14.5. The molecule has 0 bridgehead atoms. The average molecular weight is 585 g/mol. The summed E-state index contributed by atoms with van der Waals surface area (Å²) in [5.41, 5.74) is 2.76. The van der Waals surface area contributed by atoms with Crippen LogP contribution in [0.15, 0.2) is 73.7 Å². The summed E-state index contributed by atoms with van der Waals surface area (Å²) >= 11 is 6.53. The highest BCUT2D eigenvalue weighted by Crippen LogP contribution is 2.42. The van der Waals surface area contributed by atoms with Crippen LogP contribution in [0.1, 0.15) is 18.5 Å². The second-order valence-corrected chi connectivity index (χ2v) is 11.5. The van der Waals surface area contributed by atoms with Crippen molar-refractivity contribution >= 4 is 45.6 Å². The molecule has 4 aromatic rings. The monoisotopic (exact) mass is 584 g/mol. The smallest absolute Gasteiger partial charge is 0.247 e. The molecule has 1 amide bonds. The van der Waals surface area contributed by atoms with Crippen molar-refractivity contribution in [3.63, 3.8) is 0 Å². The molecule has 42 heavy (non-hydrogen) atoms. The Balaban J connectivity index is 1.20. The Morgan fingerprint density at radius 3 is 2.64 bits per heavy atom. The standard InChI is InChI=1S/C32H33ClN6O3/c1-3-31(40)38-28-13-25-27(14-30(28)41-17-20-10-21-15-39(2)16-22(21)11-20)35-19-36-32(25)37-23-7-8-29(26(33)12-23)42-18-24-6-4-5-9-34-24/h3-9,12-14,19-22H,1,10-11,15-18H2,2H3,(H,38,40)(H,35,36,37)/t20?,21-,22+. The lowest BCUT2D eigenvalue weighted by atomic mass is 10.0. The van der Waals surface area contributed by atoms with Crippen LogP contribution in [0.3, 0.4) is 0 Å². The second-order valence-electron chi connectivity index (χ2n) is 11.1. The number of nitrogens with one attached hydrogen (secondary N) is 2. The number of amides is 1. The summed E-state index contributed by atoms with van der Waals surface area (Å²) in [6.07, 6.45) is 6.80. The number of ether oxygens (including phenoxy) is 2. The maximum Gasteiger partial charge on any atom is 0.247 e. The molecule has 6 rings (SSSR count). The fourth-order valence-corrected chi connectivity index (χ4v) is 6.29. The highest BCUT2D eigenvalue weighted by Gasteiger charge is 2.39. The van der Waals surface area contributed by atoms with E-state index in [0.717, 1.165) is 36.3 Å². The molecule has 10 heteroatoms. The number of aromatic nitrogens is 3. The third-order valence-electron chi connectivity index (χ3n) is 7.98. The average Bonchev–Trinajstić information content (AvgIpc) is 3.53. The largest absolute Gasteiger partial charge is 0.491 e. The minimum atomic E-state index is -0.322. The SMILES string of the molecule is C=CC(=O)Nc1cc2c(Nc3ccc(OCc4ccccn4)c(Cl)c3)ncnc2cc1OCC1C[C@@H]2CN(C)C[C@@H]2C1. The molecule has 2 fully saturated rings. The quantitative estimate of drug-likeness (QED) is 0.216. The number of hydrogen-bond acceptors (Lipinski definition) is 8. The predicted octanol–water partition coefficient (Wildman–Crippen LogP) is 6.09. The van der Waals surface area contributed by atoms with Crippen LogP contribution in [-0.4, -0.2) is 52.5 Å². The zero-order valence-electron chi connectivity index (χ0n) is 23.4. The summed E-state index contributed by atoms with van der Waals surface area (Å²) in [7, 11) is 2.20. The molecule has 2 N–H and O–H groups in total. The van der Waals surface area contributed by atoms with E-state index in [-0.39, 0.29) is 5.91 Å². The first-order chi connectivity index (χ1) is 20.4.